The highest BCUT2D eigenvalue weighted by Gasteiger charge is 2.41. The summed E-state index contributed by atoms with van der Waals surface area (Å²) in [5.74, 6) is -0.849. The number of fused-ring (bicyclic) bond motifs is 1. The van der Waals surface area contributed by atoms with Gasteiger partial charge < -0.3 is 28.9 Å². The lowest BCUT2D eigenvalue weighted by Gasteiger charge is -2.41. The van der Waals surface area contributed by atoms with Crippen LogP contribution in [-0.4, -0.2) is 92.6 Å². The molecule has 0 saturated carbocycles. The second-order valence-electron chi connectivity index (χ2n) is 14.3. The van der Waals surface area contributed by atoms with Crippen molar-refractivity contribution in [1.82, 2.24) is 29.5 Å². The molecule has 14 heteroatoms. The molecule has 3 aromatic rings. The highest BCUT2D eigenvalue weighted by Crippen LogP contribution is 2.35. The van der Waals surface area contributed by atoms with Crippen LogP contribution in [0.2, 0.25) is 0 Å². The van der Waals surface area contributed by atoms with E-state index >= 15 is 0 Å². The van der Waals surface area contributed by atoms with Crippen molar-refractivity contribution >= 4 is 17.8 Å². The molecule has 1 aromatic carbocycles. The largest absolute Gasteiger partial charge is 0.487 e. The lowest BCUT2D eigenvalue weighted by atomic mass is 9.97. The standard InChI is InChI=1S/C35H43F2N7O5/c1-35(2,3)49-34(46)43-18-23(19-43)33(45)42-14-11-27-28(21-42)39-31(22-17-38-44(20-22)30-6-4-5-15-47-30)32(40-27)41-12-9-25(10-13-41)48-29-8-7-24(36)16-26(29)37/h7-8,16-17,20,23,25,30H,4-6,9-15,18-19,21H2,1-3H3. The number of halogens is 2. The van der Waals surface area contributed by atoms with Gasteiger partial charge in [0.15, 0.2) is 17.4 Å². The maximum Gasteiger partial charge on any atom is 0.410 e. The van der Waals surface area contributed by atoms with Gasteiger partial charge in [-0.25, -0.2) is 28.2 Å². The predicted molar refractivity (Wildman–Crippen MR) is 175 cm³/mol. The predicted octanol–water partition coefficient (Wildman–Crippen LogP) is 5.12. The first-order valence-electron chi connectivity index (χ1n) is 17.2. The van der Waals surface area contributed by atoms with Gasteiger partial charge in [-0.3, -0.25) is 4.79 Å². The molecule has 3 fully saturated rings. The van der Waals surface area contributed by atoms with E-state index in [-0.39, 0.29) is 29.9 Å². The third kappa shape index (κ3) is 7.34. The molecular weight excluding hydrogens is 636 g/mol. The molecule has 2 aromatic heterocycles. The zero-order valence-electron chi connectivity index (χ0n) is 28.2. The summed E-state index contributed by atoms with van der Waals surface area (Å²) in [5, 5.41) is 4.63. The number of carbonyl (C=O) groups is 2. The maximum absolute atomic E-state index is 14.3. The second kappa shape index (κ2) is 13.5. The molecule has 1 unspecified atom stereocenters. The van der Waals surface area contributed by atoms with Crippen LogP contribution in [0.15, 0.2) is 30.6 Å². The number of carbonyl (C=O) groups excluding carboxylic acids is 2. The molecule has 1 atom stereocenters. The number of aromatic nitrogens is 4. The Morgan fingerprint density at radius 2 is 1.78 bits per heavy atom. The molecule has 4 aliphatic rings. The Morgan fingerprint density at radius 1 is 0.980 bits per heavy atom. The van der Waals surface area contributed by atoms with E-state index in [9.17, 15) is 18.4 Å². The topological polar surface area (TPSA) is 115 Å². The third-order valence-corrected chi connectivity index (χ3v) is 9.44. The van der Waals surface area contributed by atoms with Crippen LogP contribution in [0.25, 0.3) is 11.3 Å². The monoisotopic (exact) mass is 679 g/mol. The number of amides is 2. The van der Waals surface area contributed by atoms with Gasteiger partial charge in [0.1, 0.15) is 29.4 Å². The summed E-state index contributed by atoms with van der Waals surface area (Å²) in [4.78, 5) is 41.8. The van der Waals surface area contributed by atoms with Crippen molar-refractivity contribution in [2.45, 2.75) is 83.8 Å². The first-order valence-corrected chi connectivity index (χ1v) is 17.2. The summed E-state index contributed by atoms with van der Waals surface area (Å²) in [7, 11) is 0. The van der Waals surface area contributed by atoms with E-state index in [0.717, 1.165) is 48.1 Å². The molecule has 3 saturated heterocycles. The molecule has 0 bridgehead atoms. The SMILES string of the molecule is CC(C)(C)OC(=O)N1CC(C(=O)N2CCc3nc(N4CCC(Oc5ccc(F)cc5F)CC4)c(-c4cnn(C5CCCCO5)c4)nc3C2)C1. The first-order chi connectivity index (χ1) is 23.5. The lowest BCUT2D eigenvalue weighted by Crippen LogP contribution is -2.57. The molecule has 0 spiro atoms. The fraction of sp³-hybridized carbons (Fsp3) is 0.571. The number of hydrogen-bond acceptors (Lipinski definition) is 9. The number of anilines is 1. The number of likely N-dealkylation sites (tertiary alicyclic amines) is 1. The Kier molecular flexibility index (Phi) is 9.16. The normalized spacial score (nSPS) is 20.5. The van der Waals surface area contributed by atoms with Crippen LogP contribution >= 0.6 is 0 Å². The molecule has 12 nitrogen and oxygen atoms in total. The number of ether oxygens (including phenoxy) is 3. The Bertz CT molecular complexity index is 1690. The molecule has 262 valence electrons. The zero-order valence-corrected chi connectivity index (χ0v) is 28.2. The third-order valence-electron chi connectivity index (χ3n) is 9.44. The van der Waals surface area contributed by atoms with Gasteiger partial charge in [-0.2, -0.15) is 5.10 Å². The zero-order chi connectivity index (χ0) is 34.3. The molecule has 49 heavy (non-hydrogen) atoms. The summed E-state index contributed by atoms with van der Waals surface area (Å²) in [6.07, 6.45) is 7.77. The fourth-order valence-electron chi connectivity index (χ4n) is 6.78. The Morgan fingerprint density at radius 3 is 2.49 bits per heavy atom. The average molecular weight is 680 g/mol. The van der Waals surface area contributed by atoms with E-state index in [1.54, 1.807) is 11.1 Å². The number of piperidine rings is 1. The van der Waals surface area contributed by atoms with Crippen LogP contribution in [0.1, 0.15) is 70.5 Å². The lowest BCUT2D eigenvalue weighted by molar-refractivity contribution is -0.141. The minimum atomic E-state index is -0.713. The van der Waals surface area contributed by atoms with Gasteiger partial charge in [-0.05, 0) is 52.2 Å². The average Bonchev–Trinajstić information content (AvgIpc) is 3.55. The molecular formula is C35H43F2N7O5. The Balaban J connectivity index is 1.08. The summed E-state index contributed by atoms with van der Waals surface area (Å²) in [6.45, 7) is 8.89. The van der Waals surface area contributed by atoms with E-state index in [1.165, 1.54) is 12.1 Å². The molecule has 0 N–H and O–H groups in total. The van der Waals surface area contributed by atoms with Gasteiger partial charge in [0.25, 0.3) is 0 Å². The van der Waals surface area contributed by atoms with Gasteiger partial charge in [-0.15, -0.1) is 0 Å². The number of hydrogen-bond donors (Lipinski definition) is 0. The van der Waals surface area contributed by atoms with Crippen LogP contribution in [0, 0.1) is 17.6 Å². The van der Waals surface area contributed by atoms with Crippen molar-refractivity contribution in [1.29, 1.82) is 0 Å². The molecule has 0 radical (unpaired) electrons. The summed E-state index contributed by atoms with van der Waals surface area (Å²) < 4.78 is 46.9. The number of rotatable bonds is 6. The molecule has 6 heterocycles. The van der Waals surface area contributed by atoms with Crippen LogP contribution < -0.4 is 9.64 Å². The highest BCUT2D eigenvalue weighted by atomic mass is 19.1. The number of benzene rings is 1. The summed E-state index contributed by atoms with van der Waals surface area (Å²) >= 11 is 0. The molecule has 4 aliphatic heterocycles. The number of nitrogens with zero attached hydrogens (tertiary/aromatic N) is 7. The van der Waals surface area contributed by atoms with Crippen molar-refractivity contribution in [3.63, 3.8) is 0 Å². The maximum atomic E-state index is 14.3. The fourth-order valence-corrected chi connectivity index (χ4v) is 6.78. The van der Waals surface area contributed by atoms with Gasteiger partial charge >= 0.3 is 6.09 Å². The van der Waals surface area contributed by atoms with Crippen LogP contribution in [0.5, 0.6) is 5.75 Å². The van der Waals surface area contributed by atoms with Crippen molar-refractivity contribution in [2.24, 2.45) is 5.92 Å². The quantitative estimate of drug-likeness (QED) is 0.350. The summed E-state index contributed by atoms with van der Waals surface area (Å²) in [5.41, 5.74) is 2.49. The van der Waals surface area contributed by atoms with E-state index in [2.05, 4.69) is 10.00 Å². The van der Waals surface area contributed by atoms with Gasteiger partial charge in [0, 0.05) is 76.4 Å². The van der Waals surface area contributed by atoms with Crippen molar-refractivity contribution in [2.75, 3.05) is 44.2 Å². The van der Waals surface area contributed by atoms with E-state index in [1.807, 2.05) is 36.5 Å². The van der Waals surface area contributed by atoms with Crippen LogP contribution in [0.3, 0.4) is 0 Å². The van der Waals surface area contributed by atoms with Gasteiger partial charge in [0.2, 0.25) is 5.91 Å². The Hall–Kier alpha value is -4.33. The van der Waals surface area contributed by atoms with Gasteiger partial charge in [0.05, 0.1) is 30.0 Å². The molecule has 7 rings (SSSR count). The van der Waals surface area contributed by atoms with Crippen molar-refractivity contribution in [3.05, 3.63) is 53.6 Å². The van der Waals surface area contributed by atoms with Crippen molar-refractivity contribution < 1.29 is 32.6 Å². The van der Waals surface area contributed by atoms with Crippen molar-refractivity contribution in [3.8, 4) is 17.0 Å². The highest BCUT2D eigenvalue weighted by molar-refractivity contribution is 5.83. The van der Waals surface area contributed by atoms with Crippen LogP contribution in [0.4, 0.5) is 19.4 Å². The minimum Gasteiger partial charge on any atom is -0.487 e. The second-order valence-corrected chi connectivity index (χ2v) is 14.3. The van der Waals surface area contributed by atoms with Gasteiger partial charge in [-0.1, -0.05) is 0 Å². The minimum absolute atomic E-state index is 0.000171. The van der Waals surface area contributed by atoms with E-state index in [4.69, 9.17) is 24.2 Å². The Labute approximate surface area is 284 Å². The summed E-state index contributed by atoms with van der Waals surface area (Å²) in [6, 6.07) is 3.35. The molecule has 0 aliphatic carbocycles. The van der Waals surface area contributed by atoms with E-state index < -0.39 is 23.3 Å². The smallest absolute Gasteiger partial charge is 0.410 e. The first kappa shape index (κ1) is 33.2. The molecule has 2 amide bonds. The van der Waals surface area contributed by atoms with E-state index in [0.29, 0.717) is 70.8 Å². The van der Waals surface area contributed by atoms with Crippen LogP contribution in [-0.2, 0) is 27.2 Å².